The van der Waals surface area contributed by atoms with Crippen LogP contribution in [0.2, 0.25) is 5.02 Å². The van der Waals surface area contributed by atoms with Crippen molar-refractivity contribution in [1.29, 1.82) is 0 Å². The fourth-order valence-corrected chi connectivity index (χ4v) is 2.43. The van der Waals surface area contributed by atoms with E-state index in [0.29, 0.717) is 16.3 Å². The molecular weight excluding hydrogens is 308 g/mol. The molecule has 0 saturated heterocycles. The summed E-state index contributed by atoms with van der Waals surface area (Å²) in [6.45, 7) is 0. The van der Waals surface area contributed by atoms with Gasteiger partial charge in [0, 0.05) is 17.1 Å². The Hall–Kier alpha value is -2.78. The van der Waals surface area contributed by atoms with E-state index in [-0.39, 0.29) is 5.91 Å². The average molecular weight is 323 g/mol. The first-order valence-electron chi connectivity index (χ1n) is 7.20. The number of halogens is 1. The third kappa shape index (κ3) is 3.90. The lowest BCUT2D eigenvalue weighted by atomic mass is 10.2. The predicted octanol–water partition coefficient (Wildman–Crippen LogP) is 5.34. The number of amides is 1. The largest absolute Gasteiger partial charge is 0.355 e. The SMILES string of the molecule is O=C(Nc1cccc(Nc2ccccc2)c1)c1ccccc1Cl. The topological polar surface area (TPSA) is 41.1 Å². The molecule has 0 fully saturated rings. The number of nitrogens with one attached hydrogen (secondary N) is 2. The van der Waals surface area contributed by atoms with Gasteiger partial charge in [-0.3, -0.25) is 4.79 Å². The van der Waals surface area contributed by atoms with Gasteiger partial charge < -0.3 is 10.6 Å². The zero-order valence-corrected chi connectivity index (χ0v) is 13.0. The molecule has 3 aromatic rings. The van der Waals surface area contributed by atoms with Crippen molar-refractivity contribution in [3.05, 3.63) is 89.4 Å². The molecule has 3 nitrogen and oxygen atoms in total. The maximum absolute atomic E-state index is 12.3. The van der Waals surface area contributed by atoms with Crippen molar-refractivity contribution >= 4 is 34.6 Å². The third-order valence-corrected chi connectivity index (χ3v) is 3.63. The number of hydrogen-bond acceptors (Lipinski definition) is 2. The van der Waals surface area contributed by atoms with Gasteiger partial charge >= 0.3 is 0 Å². The summed E-state index contributed by atoms with van der Waals surface area (Å²) in [5, 5.41) is 6.59. The standard InChI is InChI=1S/C19H15ClN2O/c20-18-12-5-4-11-17(18)19(23)22-16-10-6-9-15(13-16)21-14-7-2-1-3-8-14/h1-13,21H,(H,22,23). The van der Waals surface area contributed by atoms with Gasteiger partial charge in [0.05, 0.1) is 10.6 Å². The first-order chi connectivity index (χ1) is 11.2. The van der Waals surface area contributed by atoms with Crippen LogP contribution in [0.5, 0.6) is 0 Å². The molecule has 0 aliphatic heterocycles. The summed E-state index contributed by atoms with van der Waals surface area (Å²) in [5.74, 6) is -0.229. The number of carbonyl (C=O) groups is 1. The fourth-order valence-electron chi connectivity index (χ4n) is 2.21. The van der Waals surface area contributed by atoms with Crippen molar-refractivity contribution in [1.82, 2.24) is 0 Å². The van der Waals surface area contributed by atoms with Crippen molar-refractivity contribution < 1.29 is 4.79 Å². The Balaban J connectivity index is 1.75. The van der Waals surface area contributed by atoms with E-state index in [4.69, 9.17) is 11.6 Å². The van der Waals surface area contributed by atoms with Gasteiger partial charge in [-0.05, 0) is 42.5 Å². The Morgan fingerprint density at radius 2 is 1.39 bits per heavy atom. The molecule has 3 rings (SSSR count). The summed E-state index contributed by atoms with van der Waals surface area (Å²) in [6.07, 6.45) is 0. The molecule has 0 spiro atoms. The summed E-state index contributed by atoms with van der Waals surface area (Å²) in [4.78, 5) is 12.3. The van der Waals surface area contributed by atoms with E-state index in [1.54, 1.807) is 24.3 Å². The van der Waals surface area contributed by atoms with E-state index in [1.807, 2.05) is 54.6 Å². The molecular formula is C19H15ClN2O. The van der Waals surface area contributed by atoms with Crippen molar-refractivity contribution in [3.8, 4) is 0 Å². The molecule has 23 heavy (non-hydrogen) atoms. The second-order valence-electron chi connectivity index (χ2n) is 5.01. The number of carbonyl (C=O) groups excluding carboxylic acids is 1. The first-order valence-corrected chi connectivity index (χ1v) is 7.58. The summed E-state index contributed by atoms with van der Waals surface area (Å²) in [6, 6.07) is 24.4. The lowest BCUT2D eigenvalue weighted by Gasteiger charge is -2.10. The van der Waals surface area contributed by atoms with Crippen molar-refractivity contribution in [3.63, 3.8) is 0 Å². The molecule has 4 heteroatoms. The Labute approximate surface area is 139 Å². The van der Waals surface area contributed by atoms with E-state index < -0.39 is 0 Å². The van der Waals surface area contributed by atoms with E-state index in [0.717, 1.165) is 11.4 Å². The van der Waals surface area contributed by atoms with Crippen molar-refractivity contribution in [2.24, 2.45) is 0 Å². The van der Waals surface area contributed by atoms with E-state index in [1.165, 1.54) is 0 Å². The molecule has 0 aromatic heterocycles. The van der Waals surface area contributed by atoms with Crippen LogP contribution in [0.25, 0.3) is 0 Å². The highest BCUT2D eigenvalue weighted by atomic mass is 35.5. The molecule has 0 atom stereocenters. The third-order valence-electron chi connectivity index (χ3n) is 3.30. The van der Waals surface area contributed by atoms with Gasteiger partial charge in [-0.25, -0.2) is 0 Å². The van der Waals surface area contributed by atoms with Crippen LogP contribution in [0.1, 0.15) is 10.4 Å². The van der Waals surface area contributed by atoms with Crippen LogP contribution in [-0.2, 0) is 0 Å². The fraction of sp³-hybridized carbons (Fsp3) is 0. The molecule has 2 N–H and O–H groups in total. The maximum atomic E-state index is 12.3. The highest BCUT2D eigenvalue weighted by molar-refractivity contribution is 6.34. The second kappa shape index (κ2) is 6.99. The zero-order chi connectivity index (χ0) is 16.1. The normalized spacial score (nSPS) is 10.1. The van der Waals surface area contributed by atoms with Crippen LogP contribution in [0.4, 0.5) is 17.1 Å². The first kappa shape index (κ1) is 15.1. The van der Waals surface area contributed by atoms with E-state index in [9.17, 15) is 4.79 Å². The highest BCUT2D eigenvalue weighted by Gasteiger charge is 2.09. The zero-order valence-electron chi connectivity index (χ0n) is 12.3. The number of hydrogen-bond donors (Lipinski definition) is 2. The van der Waals surface area contributed by atoms with Gasteiger partial charge in [-0.1, -0.05) is 48.0 Å². The van der Waals surface area contributed by atoms with Crippen LogP contribution >= 0.6 is 11.6 Å². The minimum atomic E-state index is -0.229. The second-order valence-corrected chi connectivity index (χ2v) is 5.41. The van der Waals surface area contributed by atoms with Gasteiger partial charge in [0.15, 0.2) is 0 Å². The maximum Gasteiger partial charge on any atom is 0.257 e. The number of rotatable bonds is 4. The van der Waals surface area contributed by atoms with Crippen molar-refractivity contribution in [2.45, 2.75) is 0 Å². The summed E-state index contributed by atoms with van der Waals surface area (Å²) in [5.41, 5.74) is 3.04. The molecule has 0 heterocycles. The summed E-state index contributed by atoms with van der Waals surface area (Å²) >= 11 is 6.05. The van der Waals surface area contributed by atoms with Gasteiger partial charge in [0.2, 0.25) is 0 Å². The minimum Gasteiger partial charge on any atom is -0.355 e. The number of para-hydroxylation sites is 1. The molecule has 1 amide bonds. The Morgan fingerprint density at radius 3 is 2.17 bits per heavy atom. The molecule has 0 aliphatic carbocycles. The average Bonchev–Trinajstić information content (AvgIpc) is 2.56. The molecule has 0 saturated carbocycles. The van der Waals surface area contributed by atoms with Gasteiger partial charge in [-0.2, -0.15) is 0 Å². The Morgan fingerprint density at radius 1 is 0.739 bits per heavy atom. The summed E-state index contributed by atoms with van der Waals surface area (Å²) < 4.78 is 0. The predicted molar refractivity (Wildman–Crippen MR) is 95.6 cm³/mol. The molecule has 0 unspecified atom stereocenters. The van der Waals surface area contributed by atoms with Crippen molar-refractivity contribution in [2.75, 3.05) is 10.6 Å². The number of anilines is 3. The van der Waals surface area contributed by atoms with Gasteiger partial charge in [-0.15, -0.1) is 0 Å². The Bertz CT molecular complexity index is 818. The lowest BCUT2D eigenvalue weighted by molar-refractivity contribution is 0.102. The van der Waals surface area contributed by atoms with E-state index in [2.05, 4.69) is 10.6 Å². The smallest absolute Gasteiger partial charge is 0.257 e. The molecule has 3 aromatic carbocycles. The number of benzene rings is 3. The quantitative estimate of drug-likeness (QED) is 0.681. The monoisotopic (exact) mass is 322 g/mol. The molecule has 0 aliphatic rings. The van der Waals surface area contributed by atoms with Crippen LogP contribution in [-0.4, -0.2) is 5.91 Å². The summed E-state index contributed by atoms with van der Waals surface area (Å²) in [7, 11) is 0. The van der Waals surface area contributed by atoms with E-state index >= 15 is 0 Å². The van der Waals surface area contributed by atoms with Crippen LogP contribution in [0.15, 0.2) is 78.9 Å². The van der Waals surface area contributed by atoms with Crippen LogP contribution in [0.3, 0.4) is 0 Å². The van der Waals surface area contributed by atoms with Gasteiger partial charge in [0.1, 0.15) is 0 Å². The van der Waals surface area contributed by atoms with Gasteiger partial charge in [0.25, 0.3) is 5.91 Å². The molecule has 0 bridgehead atoms. The lowest BCUT2D eigenvalue weighted by Crippen LogP contribution is -2.12. The van der Waals surface area contributed by atoms with Crippen LogP contribution in [0, 0.1) is 0 Å². The molecule has 0 radical (unpaired) electrons. The highest BCUT2D eigenvalue weighted by Crippen LogP contribution is 2.21. The minimum absolute atomic E-state index is 0.229. The molecule has 114 valence electrons. The van der Waals surface area contributed by atoms with Crippen LogP contribution < -0.4 is 10.6 Å². The Kier molecular flexibility index (Phi) is 4.60.